The van der Waals surface area contributed by atoms with Crippen LogP contribution in [0.5, 0.6) is 0 Å². The van der Waals surface area contributed by atoms with Gasteiger partial charge >= 0.3 is 5.97 Å². The maximum Gasteiger partial charge on any atom is 0.316 e. The van der Waals surface area contributed by atoms with Crippen LogP contribution in [0.4, 0.5) is 0 Å². The third-order valence-corrected chi connectivity index (χ3v) is 3.50. The number of ether oxygens (including phenoxy) is 1. The highest BCUT2D eigenvalue weighted by Crippen LogP contribution is 2.25. The Hall–Kier alpha value is -2.60. The molecule has 0 saturated carbocycles. The zero-order chi connectivity index (χ0) is 15.3. The second-order valence-corrected chi connectivity index (χ2v) is 5.34. The summed E-state index contributed by atoms with van der Waals surface area (Å²) >= 11 is 0. The van der Waals surface area contributed by atoms with E-state index >= 15 is 0 Å². The van der Waals surface area contributed by atoms with Crippen molar-refractivity contribution in [3.8, 4) is 6.07 Å². The van der Waals surface area contributed by atoms with Crippen molar-refractivity contribution < 1.29 is 9.53 Å². The lowest BCUT2D eigenvalue weighted by molar-refractivity contribution is -0.150. The predicted octanol–water partition coefficient (Wildman–Crippen LogP) is 3.58. The lowest BCUT2D eigenvalue weighted by Crippen LogP contribution is -2.31. The van der Waals surface area contributed by atoms with Gasteiger partial charge in [-0.3, -0.25) is 4.79 Å². The van der Waals surface area contributed by atoms with Gasteiger partial charge in [-0.15, -0.1) is 0 Å². The highest BCUT2D eigenvalue weighted by Gasteiger charge is 2.31. The fourth-order valence-corrected chi connectivity index (χ4v) is 2.05. The van der Waals surface area contributed by atoms with Crippen LogP contribution in [-0.2, 0) is 21.6 Å². The second-order valence-electron chi connectivity index (χ2n) is 5.34. The van der Waals surface area contributed by atoms with Gasteiger partial charge in [-0.05, 0) is 25.5 Å². The Kier molecular flexibility index (Phi) is 4.39. The fourth-order valence-electron chi connectivity index (χ4n) is 2.05. The van der Waals surface area contributed by atoms with Gasteiger partial charge in [-0.1, -0.05) is 48.5 Å². The van der Waals surface area contributed by atoms with Gasteiger partial charge in [-0.2, -0.15) is 5.26 Å². The van der Waals surface area contributed by atoms with E-state index < -0.39 is 5.41 Å². The molecule has 0 amide bonds. The van der Waals surface area contributed by atoms with E-state index in [0.29, 0.717) is 5.56 Å². The molecule has 106 valence electrons. The van der Waals surface area contributed by atoms with E-state index in [1.807, 2.05) is 50.2 Å². The molecular formula is C18H17NO2. The summed E-state index contributed by atoms with van der Waals surface area (Å²) in [6, 6.07) is 18.7. The molecule has 3 heteroatoms. The van der Waals surface area contributed by atoms with Crippen LogP contribution in [0, 0.1) is 11.3 Å². The van der Waals surface area contributed by atoms with Crippen LogP contribution < -0.4 is 0 Å². The molecule has 0 heterocycles. The lowest BCUT2D eigenvalue weighted by Gasteiger charge is -2.23. The summed E-state index contributed by atoms with van der Waals surface area (Å²) in [5.74, 6) is -0.304. The van der Waals surface area contributed by atoms with Gasteiger partial charge in [0.15, 0.2) is 0 Å². The van der Waals surface area contributed by atoms with E-state index in [1.54, 1.807) is 18.2 Å². The topological polar surface area (TPSA) is 50.1 Å². The molecule has 3 nitrogen and oxygen atoms in total. The highest BCUT2D eigenvalue weighted by atomic mass is 16.5. The average molecular weight is 279 g/mol. The minimum Gasteiger partial charge on any atom is -0.460 e. The molecule has 0 fully saturated rings. The van der Waals surface area contributed by atoms with Gasteiger partial charge < -0.3 is 4.74 Å². The van der Waals surface area contributed by atoms with Crippen LogP contribution >= 0.6 is 0 Å². The Morgan fingerprint density at radius 2 is 1.71 bits per heavy atom. The zero-order valence-electron chi connectivity index (χ0n) is 12.2. The minimum atomic E-state index is -0.719. The van der Waals surface area contributed by atoms with Gasteiger partial charge in [0.1, 0.15) is 6.61 Å². The first-order chi connectivity index (χ1) is 10.1. The van der Waals surface area contributed by atoms with Crippen LogP contribution in [-0.4, -0.2) is 5.97 Å². The summed E-state index contributed by atoms with van der Waals surface area (Å²) in [7, 11) is 0. The van der Waals surface area contributed by atoms with Crippen LogP contribution in [0.15, 0.2) is 54.6 Å². The van der Waals surface area contributed by atoms with Crippen molar-refractivity contribution in [1.29, 1.82) is 5.26 Å². The lowest BCUT2D eigenvalue weighted by atomic mass is 9.85. The first-order valence-corrected chi connectivity index (χ1v) is 6.76. The number of benzene rings is 2. The molecule has 0 saturated heterocycles. The Bertz CT molecular complexity index is 669. The van der Waals surface area contributed by atoms with Crippen LogP contribution in [0.1, 0.15) is 30.5 Å². The molecule has 0 N–H and O–H groups in total. The number of hydrogen-bond donors (Lipinski definition) is 0. The molecule has 2 rings (SSSR count). The average Bonchev–Trinajstić information content (AvgIpc) is 2.53. The van der Waals surface area contributed by atoms with Gasteiger partial charge in [0.25, 0.3) is 0 Å². The van der Waals surface area contributed by atoms with Gasteiger partial charge in [-0.25, -0.2) is 0 Å². The highest BCUT2D eigenvalue weighted by molar-refractivity contribution is 5.82. The van der Waals surface area contributed by atoms with E-state index in [2.05, 4.69) is 6.07 Å². The van der Waals surface area contributed by atoms with Crippen molar-refractivity contribution in [3.05, 3.63) is 71.3 Å². The van der Waals surface area contributed by atoms with Crippen molar-refractivity contribution in [3.63, 3.8) is 0 Å². The third kappa shape index (κ3) is 3.29. The van der Waals surface area contributed by atoms with Crippen LogP contribution in [0.3, 0.4) is 0 Å². The zero-order valence-corrected chi connectivity index (χ0v) is 12.2. The largest absolute Gasteiger partial charge is 0.460 e. The molecule has 0 aliphatic carbocycles. The van der Waals surface area contributed by atoms with Gasteiger partial charge in [0, 0.05) is 5.56 Å². The summed E-state index contributed by atoms with van der Waals surface area (Å²) in [5, 5.41) is 9.03. The van der Waals surface area contributed by atoms with E-state index in [0.717, 1.165) is 11.1 Å². The standard InChI is InChI=1S/C18H17NO2/c1-18(2,16-10-4-3-5-11-16)17(20)21-13-15-9-7-6-8-14(15)12-19/h3-11H,13H2,1-2H3. The molecule has 0 atom stereocenters. The molecule has 21 heavy (non-hydrogen) atoms. The first-order valence-electron chi connectivity index (χ1n) is 6.76. The number of nitrogens with zero attached hydrogens (tertiary/aromatic N) is 1. The van der Waals surface area contributed by atoms with Crippen molar-refractivity contribution in [2.75, 3.05) is 0 Å². The molecule has 0 radical (unpaired) electrons. The summed E-state index contributed by atoms with van der Waals surface area (Å²) in [4.78, 5) is 12.3. The van der Waals surface area contributed by atoms with Crippen molar-refractivity contribution in [2.45, 2.75) is 25.9 Å². The quantitative estimate of drug-likeness (QED) is 0.804. The molecule has 2 aromatic carbocycles. The Balaban J connectivity index is 2.10. The van der Waals surface area contributed by atoms with E-state index in [9.17, 15) is 4.79 Å². The third-order valence-electron chi connectivity index (χ3n) is 3.50. The van der Waals surface area contributed by atoms with E-state index in [-0.39, 0.29) is 12.6 Å². The summed E-state index contributed by atoms with van der Waals surface area (Å²) in [5.41, 5.74) is 1.44. The fraction of sp³-hybridized carbons (Fsp3) is 0.222. The molecule has 0 aliphatic heterocycles. The normalized spacial score (nSPS) is 10.7. The number of carbonyl (C=O) groups is 1. The summed E-state index contributed by atoms with van der Waals surface area (Å²) in [6.45, 7) is 3.78. The number of hydrogen-bond acceptors (Lipinski definition) is 3. The Labute approximate surface area is 124 Å². The van der Waals surface area contributed by atoms with Crippen LogP contribution in [0.2, 0.25) is 0 Å². The number of carbonyl (C=O) groups excluding carboxylic acids is 1. The predicted molar refractivity (Wildman–Crippen MR) is 80.4 cm³/mol. The second kappa shape index (κ2) is 6.23. The van der Waals surface area contributed by atoms with Crippen molar-refractivity contribution in [2.24, 2.45) is 0 Å². The molecule has 0 spiro atoms. The Morgan fingerprint density at radius 3 is 2.38 bits per heavy atom. The Morgan fingerprint density at radius 1 is 1.10 bits per heavy atom. The maximum atomic E-state index is 12.3. The number of nitriles is 1. The van der Waals surface area contributed by atoms with E-state index in [1.165, 1.54) is 0 Å². The molecule has 0 unspecified atom stereocenters. The minimum absolute atomic E-state index is 0.110. The molecule has 0 bridgehead atoms. The maximum absolute atomic E-state index is 12.3. The summed E-state index contributed by atoms with van der Waals surface area (Å²) < 4.78 is 5.40. The van der Waals surface area contributed by atoms with Crippen molar-refractivity contribution in [1.82, 2.24) is 0 Å². The first kappa shape index (κ1) is 14.8. The SMILES string of the molecule is CC(C)(C(=O)OCc1ccccc1C#N)c1ccccc1. The monoisotopic (exact) mass is 279 g/mol. The molecule has 0 aliphatic rings. The molecule has 0 aromatic heterocycles. The molecule has 2 aromatic rings. The smallest absolute Gasteiger partial charge is 0.316 e. The van der Waals surface area contributed by atoms with Gasteiger partial charge in [0.2, 0.25) is 0 Å². The van der Waals surface area contributed by atoms with E-state index in [4.69, 9.17) is 10.00 Å². The number of rotatable bonds is 4. The van der Waals surface area contributed by atoms with Gasteiger partial charge in [0.05, 0.1) is 17.0 Å². The molecular weight excluding hydrogens is 262 g/mol. The summed E-state index contributed by atoms with van der Waals surface area (Å²) in [6.07, 6.45) is 0. The van der Waals surface area contributed by atoms with Crippen molar-refractivity contribution >= 4 is 5.97 Å². The van der Waals surface area contributed by atoms with Crippen LogP contribution in [0.25, 0.3) is 0 Å². The number of esters is 1.